The van der Waals surface area contributed by atoms with Crippen molar-refractivity contribution >= 4 is 53.4 Å². The van der Waals surface area contributed by atoms with Crippen molar-refractivity contribution in [3.63, 3.8) is 0 Å². The van der Waals surface area contributed by atoms with Gasteiger partial charge in [-0.3, -0.25) is 0 Å². The molecule has 0 aliphatic heterocycles. The number of aromatic nitrogens is 3. The minimum Gasteiger partial charge on any atom is -0.456 e. The van der Waals surface area contributed by atoms with Gasteiger partial charge in [0.1, 0.15) is 11.2 Å². The largest absolute Gasteiger partial charge is 0.456 e. The Morgan fingerprint density at radius 3 is 1.60 bits per heavy atom. The highest BCUT2D eigenvalue weighted by atomic mass is 32.1. The highest BCUT2D eigenvalue weighted by Gasteiger charge is 2.17. The number of benzene rings is 7. The fourth-order valence-corrected chi connectivity index (χ4v) is 7.97. The summed E-state index contributed by atoms with van der Waals surface area (Å²) in [7, 11) is 0. The van der Waals surface area contributed by atoms with Gasteiger partial charge in [-0.2, -0.15) is 0 Å². The molecule has 0 unspecified atom stereocenters. The lowest BCUT2D eigenvalue weighted by Crippen LogP contribution is -2.00. The van der Waals surface area contributed by atoms with Crippen LogP contribution in [0.5, 0.6) is 0 Å². The second-order valence-corrected chi connectivity index (χ2v) is 13.5. The van der Waals surface area contributed by atoms with Gasteiger partial charge in [-0.05, 0) is 64.7 Å². The molecular weight excluding hydrogens is 631 g/mol. The van der Waals surface area contributed by atoms with E-state index in [1.807, 2.05) is 12.1 Å². The van der Waals surface area contributed by atoms with E-state index in [9.17, 15) is 0 Å². The molecule has 10 rings (SSSR count). The lowest BCUT2D eigenvalue weighted by molar-refractivity contribution is 0.669. The quantitative estimate of drug-likeness (QED) is 0.185. The van der Waals surface area contributed by atoms with Gasteiger partial charge in [0, 0.05) is 47.6 Å². The fourth-order valence-electron chi connectivity index (χ4n) is 6.82. The van der Waals surface area contributed by atoms with E-state index in [0.717, 1.165) is 55.3 Å². The van der Waals surface area contributed by atoms with Crippen LogP contribution >= 0.6 is 11.3 Å². The number of fused-ring (bicyclic) bond motifs is 6. The first-order chi connectivity index (χ1) is 24.7. The second-order valence-electron chi connectivity index (χ2n) is 12.5. The van der Waals surface area contributed by atoms with Gasteiger partial charge >= 0.3 is 0 Å². The molecule has 0 amide bonds. The third-order valence-corrected chi connectivity index (χ3v) is 10.5. The Hall–Kier alpha value is -6.43. The molecule has 0 radical (unpaired) electrons. The summed E-state index contributed by atoms with van der Waals surface area (Å²) in [5.74, 6) is 1.85. The molecule has 0 saturated heterocycles. The minimum atomic E-state index is 0.596. The summed E-state index contributed by atoms with van der Waals surface area (Å²) < 4.78 is 8.88. The molecule has 234 valence electrons. The summed E-state index contributed by atoms with van der Waals surface area (Å²) >= 11 is 1.79. The van der Waals surface area contributed by atoms with Crippen LogP contribution in [0.2, 0.25) is 0 Å². The number of hydrogen-bond donors (Lipinski definition) is 0. The molecule has 10 aromatic rings. The Balaban J connectivity index is 1.13. The van der Waals surface area contributed by atoms with Crippen LogP contribution in [0.15, 0.2) is 168 Å². The zero-order chi connectivity index (χ0) is 33.0. The molecule has 5 heteroatoms. The summed E-state index contributed by atoms with van der Waals surface area (Å²) in [5, 5.41) is 4.65. The van der Waals surface area contributed by atoms with Crippen molar-refractivity contribution in [2.45, 2.75) is 0 Å². The van der Waals surface area contributed by atoms with Crippen molar-refractivity contribution < 1.29 is 4.42 Å². The van der Waals surface area contributed by atoms with E-state index in [-0.39, 0.29) is 0 Å². The number of furan rings is 1. The van der Waals surface area contributed by atoms with Crippen LogP contribution in [0.1, 0.15) is 0 Å². The maximum Gasteiger partial charge on any atom is 0.164 e. The van der Waals surface area contributed by atoms with Gasteiger partial charge in [-0.1, -0.05) is 121 Å². The van der Waals surface area contributed by atoms with E-state index in [2.05, 4.69) is 152 Å². The Bertz CT molecular complexity index is 2870. The lowest BCUT2D eigenvalue weighted by atomic mass is 10.0. The van der Waals surface area contributed by atoms with Gasteiger partial charge in [-0.15, -0.1) is 11.3 Å². The Morgan fingerprint density at radius 2 is 0.860 bits per heavy atom. The van der Waals surface area contributed by atoms with E-state index in [1.165, 1.54) is 25.7 Å². The minimum absolute atomic E-state index is 0.596. The van der Waals surface area contributed by atoms with E-state index < -0.39 is 0 Å². The van der Waals surface area contributed by atoms with Crippen LogP contribution in [0.4, 0.5) is 0 Å². The number of rotatable bonds is 5. The summed E-state index contributed by atoms with van der Waals surface area (Å²) in [6.07, 6.45) is 0. The van der Waals surface area contributed by atoms with Crippen LogP contribution < -0.4 is 0 Å². The van der Waals surface area contributed by atoms with Crippen molar-refractivity contribution in [2.75, 3.05) is 0 Å². The van der Waals surface area contributed by atoms with Crippen molar-refractivity contribution in [2.24, 2.45) is 0 Å². The average Bonchev–Trinajstić information content (AvgIpc) is 3.75. The molecule has 0 bridgehead atoms. The highest BCUT2D eigenvalue weighted by Crippen LogP contribution is 2.38. The second kappa shape index (κ2) is 11.6. The topological polar surface area (TPSA) is 51.8 Å². The molecule has 0 aliphatic carbocycles. The first-order valence-electron chi connectivity index (χ1n) is 16.6. The van der Waals surface area contributed by atoms with Gasteiger partial charge in [0.2, 0.25) is 0 Å². The average molecular weight is 658 g/mol. The van der Waals surface area contributed by atoms with Gasteiger partial charge in [0.05, 0.1) is 0 Å². The molecule has 0 fully saturated rings. The van der Waals surface area contributed by atoms with Crippen molar-refractivity contribution in [3.05, 3.63) is 164 Å². The monoisotopic (exact) mass is 657 g/mol. The zero-order valence-electron chi connectivity index (χ0n) is 26.7. The molecule has 50 heavy (non-hydrogen) atoms. The van der Waals surface area contributed by atoms with E-state index in [0.29, 0.717) is 17.5 Å². The molecule has 0 saturated carbocycles. The third-order valence-electron chi connectivity index (χ3n) is 9.34. The predicted molar refractivity (Wildman–Crippen MR) is 207 cm³/mol. The van der Waals surface area contributed by atoms with Gasteiger partial charge in [0.15, 0.2) is 17.5 Å². The van der Waals surface area contributed by atoms with Crippen molar-refractivity contribution in [1.82, 2.24) is 15.0 Å². The maximum absolute atomic E-state index is 6.41. The third kappa shape index (κ3) is 4.95. The molecule has 0 spiro atoms. The predicted octanol–water partition coefficient (Wildman–Crippen LogP) is 12.5. The summed E-state index contributed by atoms with van der Waals surface area (Å²) in [4.78, 5) is 15.3. The number of thiophene rings is 1. The molecule has 3 aromatic heterocycles. The van der Waals surface area contributed by atoms with Gasteiger partial charge in [0.25, 0.3) is 0 Å². The maximum atomic E-state index is 6.41. The highest BCUT2D eigenvalue weighted by molar-refractivity contribution is 7.25. The van der Waals surface area contributed by atoms with Crippen LogP contribution in [0, 0.1) is 0 Å². The first kappa shape index (κ1) is 28.6. The van der Waals surface area contributed by atoms with E-state index >= 15 is 0 Å². The Labute approximate surface area is 292 Å². The van der Waals surface area contributed by atoms with Gasteiger partial charge < -0.3 is 4.42 Å². The van der Waals surface area contributed by atoms with Crippen LogP contribution in [-0.2, 0) is 0 Å². The summed E-state index contributed by atoms with van der Waals surface area (Å²) in [6.45, 7) is 0. The number of nitrogens with zero attached hydrogens (tertiary/aromatic N) is 3. The van der Waals surface area contributed by atoms with E-state index in [1.54, 1.807) is 11.3 Å². The molecule has 7 aromatic carbocycles. The van der Waals surface area contributed by atoms with Crippen molar-refractivity contribution in [3.8, 4) is 56.4 Å². The number of hydrogen-bond acceptors (Lipinski definition) is 5. The summed E-state index contributed by atoms with van der Waals surface area (Å²) in [6, 6.07) is 56.9. The summed E-state index contributed by atoms with van der Waals surface area (Å²) in [5.41, 5.74) is 8.98. The molecule has 4 nitrogen and oxygen atoms in total. The Morgan fingerprint density at radius 1 is 0.320 bits per heavy atom. The lowest BCUT2D eigenvalue weighted by Gasteiger charge is -2.10. The molecule has 0 aliphatic rings. The SMILES string of the molecule is c1ccc(-c2cccc(-c3nc(-c4ccc5c(c4)oc4ccc(-c6ccccc6)cc45)nc(-c4ccc5c(c4)sc4ccccc45)n3)c2)cc1. The fraction of sp³-hybridized carbons (Fsp3) is 0. The first-order valence-corrected chi connectivity index (χ1v) is 17.4. The van der Waals surface area contributed by atoms with Crippen LogP contribution in [0.25, 0.3) is 98.5 Å². The smallest absolute Gasteiger partial charge is 0.164 e. The Kier molecular flexibility index (Phi) is 6.64. The molecule has 0 atom stereocenters. The van der Waals surface area contributed by atoms with Crippen LogP contribution in [0.3, 0.4) is 0 Å². The standard InChI is InChI=1S/C45H27N3OS/c1-3-10-28(11-4-1)30-14-9-15-32(24-30)43-46-44(48-45(47-43)34-19-22-37-36-16-7-8-17-41(36)50-42(37)27-34)33-18-21-35-38-25-31(29-12-5-2-6-13-29)20-23-39(38)49-40(35)26-33/h1-27H. The molecular formula is C45H27N3OS. The zero-order valence-corrected chi connectivity index (χ0v) is 27.6. The van der Waals surface area contributed by atoms with Crippen LogP contribution in [-0.4, -0.2) is 15.0 Å². The van der Waals surface area contributed by atoms with E-state index in [4.69, 9.17) is 19.4 Å². The van der Waals surface area contributed by atoms with Gasteiger partial charge in [-0.25, -0.2) is 15.0 Å². The molecule has 3 heterocycles. The van der Waals surface area contributed by atoms with Crippen molar-refractivity contribution in [1.29, 1.82) is 0 Å². The molecule has 0 N–H and O–H groups in total. The normalized spacial score (nSPS) is 11.6.